The molecule has 2 aliphatic rings. The van der Waals surface area contributed by atoms with E-state index in [0.717, 1.165) is 25.6 Å². The molecule has 1 aliphatic heterocycles. The molecule has 2 atom stereocenters. The van der Waals surface area contributed by atoms with Gasteiger partial charge in [0.25, 0.3) is 0 Å². The van der Waals surface area contributed by atoms with E-state index >= 15 is 0 Å². The Morgan fingerprint density at radius 2 is 2.31 bits per heavy atom. The van der Waals surface area contributed by atoms with Gasteiger partial charge in [0.1, 0.15) is 0 Å². The molecule has 0 spiro atoms. The van der Waals surface area contributed by atoms with E-state index in [4.69, 9.17) is 4.74 Å². The maximum Gasteiger partial charge on any atom is 0.0855 e. The molecule has 0 aromatic carbocycles. The van der Waals surface area contributed by atoms with Crippen LogP contribution in [0.5, 0.6) is 0 Å². The van der Waals surface area contributed by atoms with E-state index in [1.807, 2.05) is 0 Å². The van der Waals surface area contributed by atoms with Crippen LogP contribution in [0.1, 0.15) is 19.3 Å². The van der Waals surface area contributed by atoms with Crippen LogP contribution in [0.25, 0.3) is 0 Å². The average molecular weight is 184 g/mol. The molecule has 1 saturated carbocycles. The molecule has 3 nitrogen and oxygen atoms in total. The molecule has 0 amide bonds. The van der Waals surface area contributed by atoms with Crippen LogP contribution >= 0.6 is 0 Å². The second-order valence-corrected chi connectivity index (χ2v) is 4.12. The molecule has 1 aliphatic carbocycles. The lowest BCUT2D eigenvalue weighted by atomic mass is 9.77. The van der Waals surface area contributed by atoms with Gasteiger partial charge in [-0.3, -0.25) is 0 Å². The highest BCUT2D eigenvalue weighted by Gasteiger charge is 2.33. The van der Waals surface area contributed by atoms with Crippen molar-refractivity contribution in [2.75, 3.05) is 26.7 Å². The maximum absolute atomic E-state index is 5.76. The number of morpholine rings is 1. The third-order valence-corrected chi connectivity index (χ3v) is 3.35. The van der Waals surface area contributed by atoms with Crippen LogP contribution in [0.3, 0.4) is 0 Å². The number of nitrogens with one attached hydrogen (secondary N) is 2. The first-order valence-corrected chi connectivity index (χ1v) is 5.41. The summed E-state index contributed by atoms with van der Waals surface area (Å²) in [5.41, 5.74) is 0. The molecule has 2 rings (SSSR count). The molecule has 1 saturated heterocycles. The Labute approximate surface area is 80.2 Å². The summed E-state index contributed by atoms with van der Waals surface area (Å²) < 4.78 is 5.76. The van der Waals surface area contributed by atoms with Gasteiger partial charge in [-0.1, -0.05) is 6.42 Å². The second kappa shape index (κ2) is 4.40. The van der Waals surface area contributed by atoms with Crippen LogP contribution in [0.15, 0.2) is 0 Å². The summed E-state index contributed by atoms with van der Waals surface area (Å²) in [5.74, 6) is 0.856. The third-order valence-electron chi connectivity index (χ3n) is 3.35. The van der Waals surface area contributed by atoms with Crippen molar-refractivity contribution in [3.63, 3.8) is 0 Å². The molecule has 0 radical (unpaired) electrons. The van der Waals surface area contributed by atoms with Crippen molar-refractivity contribution in [1.82, 2.24) is 10.6 Å². The Morgan fingerprint density at radius 3 is 2.77 bits per heavy atom. The highest BCUT2D eigenvalue weighted by Crippen LogP contribution is 2.31. The molecule has 0 aromatic rings. The summed E-state index contributed by atoms with van der Waals surface area (Å²) in [4.78, 5) is 0. The molecule has 2 N–H and O–H groups in total. The monoisotopic (exact) mass is 184 g/mol. The average Bonchev–Trinajstić information content (AvgIpc) is 2.12. The fourth-order valence-electron chi connectivity index (χ4n) is 2.34. The predicted molar refractivity (Wildman–Crippen MR) is 52.8 cm³/mol. The molecule has 1 heterocycles. The fraction of sp³-hybridized carbons (Fsp3) is 1.00. The largest absolute Gasteiger partial charge is 0.374 e. The maximum atomic E-state index is 5.76. The van der Waals surface area contributed by atoms with E-state index in [0.29, 0.717) is 12.1 Å². The summed E-state index contributed by atoms with van der Waals surface area (Å²) in [6, 6.07) is 0.571. The molecule has 76 valence electrons. The Balaban J connectivity index is 1.86. The SMILES string of the molecule is CNC(C1CCC1)C1CNCCO1. The van der Waals surface area contributed by atoms with Crippen molar-refractivity contribution in [2.24, 2.45) is 5.92 Å². The lowest BCUT2D eigenvalue weighted by Gasteiger charge is -2.39. The van der Waals surface area contributed by atoms with Crippen LogP contribution in [-0.4, -0.2) is 38.9 Å². The van der Waals surface area contributed by atoms with E-state index in [-0.39, 0.29) is 0 Å². The second-order valence-electron chi connectivity index (χ2n) is 4.12. The highest BCUT2D eigenvalue weighted by molar-refractivity contribution is 4.89. The predicted octanol–water partition coefficient (Wildman–Crippen LogP) is 0.363. The zero-order valence-electron chi connectivity index (χ0n) is 8.38. The van der Waals surface area contributed by atoms with E-state index in [9.17, 15) is 0 Å². The number of rotatable bonds is 3. The molecule has 0 bridgehead atoms. The lowest BCUT2D eigenvalue weighted by Crippen LogP contribution is -2.54. The van der Waals surface area contributed by atoms with Crippen molar-refractivity contribution in [2.45, 2.75) is 31.4 Å². The first-order valence-electron chi connectivity index (χ1n) is 5.41. The van der Waals surface area contributed by atoms with Gasteiger partial charge in [-0.2, -0.15) is 0 Å². The lowest BCUT2D eigenvalue weighted by molar-refractivity contribution is -0.0181. The van der Waals surface area contributed by atoms with Crippen LogP contribution < -0.4 is 10.6 Å². The van der Waals surface area contributed by atoms with Crippen LogP contribution in [-0.2, 0) is 4.74 Å². The summed E-state index contributed by atoms with van der Waals surface area (Å²) >= 11 is 0. The van der Waals surface area contributed by atoms with Gasteiger partial charge in [-0.15, -0.1) is 0 Å². The van der Waals surface area contributed by atoms with Gasteiger partial charge in [-0.25, -0.2) is 0 Å². The Kier molecular flexibility index (Phi) is 3.19. The Morgan fingerprint density at radius 1 is 1.46 bits per heavy atom. The molecule has 2 fully saturated rings. The summed E-state index contributed by atoms with van der Waals surface area (Å²) in [7, 11) is 2.06. The van der Waals surface area contributed by atoms with Gasteiger partial charge in [0.2, 0.25) is 0 Å². The van der Waals surface area contributed by atoms with Gasteiger partial charge in [0.15, 0.2) is 0 Å². The molecule has 3 heteroatoms. The molecular weight excluding hydrogens is 164 g/mol. The van der Waals surface area contributed by atoms with E-state index < -0.39 is 0 Å². The van der Waals surface area contributed by atoms with E-state index in [1.54, 1.807) is 0 Å². The normalized spacial score (nSPS) is 32.5. The van der Waals surface area contributed by atoms with Gasteiger partial charge in [0.05, 0.1) is 12.7 Å². The number of likely N-dealkylation sites (N-methyl/N-ethyl adjacent to an activating group) is 1. The number of hydrogen-bond acceptors (Lipinski definition) is 3. The van der Waals surface area contributed by atoms with E-state index in [2.05, 4.69) is 17.7 Å². The van der Waals surface area contributed by atoms with Gasteiger partial charge in [-0.05, 0) is 25.8 Å². The summed E-state index contributed by atoms with van der Waals surface area (Å²) in [6.45, 7) is 2.90. The minimum absolute atomic E-state index is 0.393. The van der Waals surface area contributed by atoms with Crippen molar-refractivity contribution in [3.8, 4) is 0 Å². The smallest absolute Gasteiger partial charge is 0.0855 e. The zero-order chi connectivity index (χ0) is 9.10. The quantitative estimate of drug-likeness (QED) is 0.664. The Hall–Kier alpha value is -0.120. The van der Waals surface area contributed by atoms with Gasteiger partial charge < -0.3 is 15.4 Å². The minimum atomic E-state index is 0.393. The summed E-state index contributed by atoms with van der Waals surface area (Å²) in [5, 5.41) is 6.80. The first-order chi connectivity index (χ1) is 6.42. The van der Waals surface area contributed by atoms with Gasteiger partial charge >= 0.3 is 0 Å². The van der Waals surface area contributed by atoms with Crippen LogP contribution in [0.4, 0.5) is 0 Å². The van der Waals surface area contributed by atoms with E-state index in [1.165, 1.54) is 19.3 Å². The minimum Gasteiger partial charge on any atom is -0.374 e. The molecule has 0 aromatic heterocycles. The third kappa shape index (κ3) is 2.03. The molecular formula is C10H20N2O. The molecule has 13 heavy (non-hydrogen) atoms. The standard InChI is InChI=1S/C10H20N2O/c1-11-10(8-3-2-4-8)9-7-12-5-6-13-9/h8-12H,2-7H2,1H3. The topological polar surface area (TPSA) is 33.3 Å². The fourth-order valence-corrected chi connectivity index (χ4v) is 2.34. The van der Waals surface area contributed by atoms with Crippen molar-refractivity contribution in [3.05, 3.63) is 0 Å². The highest BCUT2D eigenvalue weighted by atomic mass is 16.5. The zero-order valence-corrected chi connectivity index (χ0v) is 8.38. The van der Waals surface area contributed by atoms with Crippen LogP contribution in [0, 0.1) is 5.92 Å². The van der Waals surface area contributed by atoms with Crippen molar-refractivity contribution < 1.29 is 4.74 Å². The number of ether oxygens (including phenoxy) is 1. The first kappa shape index (κ1) is 9.44. The number of hydrogen-bond donors (Lipinski definition) is 2. The van der Waals surface area contributed by atoms with Crippen molar-refractivity contribution >= 4 is 0 Å². The Bertz CT molecular complexity index is 153. The summed E-state index contributed by atoms with van der Waals surface area (Å²) in [6.07, 6.45) is 4.56. The van der Waals surface area contributed by atoms with Crippen LogP contribution in [0.2, 0.25) is 0 Å². The van der Waals surface area contributed by atoms with Gasteiger partial charge in [0, 0.05) is 19.1 Å². The molecule has 2 unspecified atom stereocenters. The van der Waals surface area contributed by atoms with Crippen molar-refractivity contribution in [1.29, 1.82) is 0 Å².